The van der Waals surface area contributed by atoms with Gasteiger partial charge in [-0.15, -0.1) is 0 Å². The summed E-state index contributed by atoms with van der Waals surface area (Å²) >= 11 is 0. The van der Waals surface area contributed by atoms with Crippen LogP contribution in [0.15, 0.2) is 36.5 Å². The first-order chi connectivity index (χ1) is 11.2. The van der Waals surface area contributed by atoms with E-state index in [4.69, 9.17) is 0 Å². The molecule has 2 amide bonds. The Hall–Kier alpha value is -2.76. The summed E-state index contributed by atoms with van der Waals surface area (Å²) in [5, 5.41) is 0. The number of carbonyl (C=O) groups excluding carboxylic acids is 2. The van der Waals surface area contributed by atoms with Crippen LogP contribution in [-0.4, -0.2) is 58.3 Å². The number of hydrogen-bond donors (Lipinski definition) is 0. The van der Waals surface area contributed by atoms with Gasteiger partial charge in [0.15, 0.2) is 5.82 Å². The number of aryl methyl sites for hydroxylation is 1. The van der Waals surface area contributed by atoms with Crippen molar-refractivity contribution in [2.75, 3.05) is 26.2 Å². The third-order valence-corrected chi connectivity index (χ3v) is 3.99. The first kappa shape index (κ1) is 15.1. The highest BCUT2D eigenvalue weighted by molar-refractivity contribution is 5.95. The second-order valence-electron chi connectivity index (χ2n) is 5.49. The molecule has 0 unspecified atom stereocenters. The van der Waals surface area contributed by atoms with E-state index in [9.17, 15) is 9.59 Å². The number of rotatable bonds is 3. The Morgan fingerprint density at radius 2 is 1.83 bits per heavy atom. The van der Waals surface area contributed by atoms with Gasteiger partial charge in [0, 0.05) is 37.9 Å². The summed E-state index contributed by atoms with van der Waals surface area (Å²) in [5.41, 5.74) is 2.11. The molecule has 118 valence electrons. The Morgan fingerprint density at radius 1 is 1.13 bits per heavy atom. The van der Waals surface area contributed by atoms with E-state index in [-0.39, 0.29) is 5.91 Å². The molecule has 0 radical (unpaired) electrons. The highest BCUT2D eigenvalue weighted by Gasteiger charge is 2.23. The Morgan fingerprint density at radius 3 is 2.43 bits per heavy atom. The van der Waals surface area contributed by atoms with Gasteiger partial charge in [-0.25, -0.2) is 9.97 Å². The Kier molecular flexibility index (Phi) is 4.32. The topological polar surface area (TPSA) is 66.4 Å². The van der Waals surface area contributed by atoms with Crippen LogP contribution in [0.25, 0.3) is 11.4 Å². The number of carbonyl (C=O) groups is 2. The van der Waals surface area contributed by atoms with E-state index in [2.05, 4.69) is 9.97 Å². The van der Waals surface area contributed by atoms with Gasteiger partial charge < -0.3 is 9.80 Å². The van der Waals surface area contributed by atoms with Crippen molar-refractivity contribution >= 4 is 12.3 Å². The molecule has 0 bridgehead atoms. The normalized spacial score (nSPS) is 14.7. The number of benzene rings is 1. The summed E-state index contributed by atoms with van der Waals surface area (Å²) < 4.78 is 0. The van der Waals surface area contributed by atoms with Gasteiger partial charge in [0.25, 0.3) is 5.91 Å². The monoisotopic (exact) mass is 310 g/mol. The van der Waals surface area contributed by atoms with Gasteiger partial charge >= 0.3 is 0 Å². The van der Waals surface area contributed by atoms with E-state index in [0.717, 1.165) is 12.0 Å². The predicted octanol–water partition coefficient (Wildman–Crippen LogP) is 1.37. The van der Waals surface area contributed by atoms with Crippen LogP contribution in [-0.2, 0) is 4.79 Å². The largest absolute Gasteiger partial charge is 0.342 e. The minimum Gasteiger partial charge on any atom is -0.342 e. The maximum Gasteiger partial charge on any atom is 0.257 e. The van der Waals surface area contributed by atoms with Gasteiger partial charge in [-0.3, -0.25) is 9.59 Å². The molecule has 1 aromatic heterocycles. The van der Waals surface area contributed by atoms with Gasteiger partial charge in [0.1, 0.15) is 0 Å². The van der Waals surface area contributed by atoms with E-state index in [0.29, 0.717) is 43.3 Å². The van der Waals surface area contributed by atoms with Crippen LogP contribution < -0.4 is 0 Å². The molecule has 0 spiro atoms. The predicted molar refractivity (Wildman–Crippen MR) is 85.7 cm³/mol. The van der Waals surface area contributed by atoms with Crippen molar-refractivity contribution in [1.29, 1.82) is 0 Å². The number of hydrogen-bond acceptors (Lipinski definition) is 4. The molecule has 1 saturated heterocycles. The zero-order chi connectivity index (χ0) is 16.2. The van der Waals surface area contributed by atoms with Gasteiger partial charge in [-0.2, -0.15) is 0 Å². The third-order valence-electron chi connectivity index (χ3n) is 3.99. The zero-order valence-corrected chi connectivity index (χ0v) is 13.0. The first-order valence-corrected chi connectivity index (χ1v) is 7.56. The van der Waals surface area contributed by atoms with Crippen LogP contribution in [0, 0.1) is 6.92 Å². The third kappa shape index (κ3) is 3.21. The number of aromatic nitrogens is 2. The Labute approximate surface area is 134 Å². The molecule has 6 nitrogen and oxygen atoms in total. The van der Waals surface area contributed by atoms with E-state index >= 15 is 0 Å². The quantitative estimate of drug-likeness (QED) is 0.803. The van der Waals surface area contributed by atoms with Crippen LogP contribution in [0.5, 0.6) is 0 Å². The van der Waals surface area contributed by atoms with Crippen molar-refractivity contribution in [2.45, 2.75) is 6.92 Å². The second kappa shape index (κ2) is 6.56. The lowest BCUT2D eigenvalue weighted by molar-refractivity contribution is -0.119. The molecule has 0 N–H and O–H groups in total. The van der Waals surface area contributed by atoms with Crippen molar-refractivity contribution in [3.8, 4) is 11.4 Å². The van der Waals surface area contributed by atoms with Gasteiger partial charge in [0.05, 0.1) is 11.3 Å². The Balaban J connectivity index is 1.78. The van der Waals surface area contributed by atoms with Gasteiger partial charge in [-0.05, 0) is 6.92 Å². The summed E-state index contributed by atoms with van der Waals surface area (Å²) in [7, 11) is 0. The van der Waals surface area contributed by atoms with Crippen LogP contribution in [0.2, 0.25) is 0 Å². The molecule has 23 heavy (non-hydrogen) atoms. The van der Waals surface area contributed by atoms with Crippen molar-refractivity contribution in [2.24, 2.45) is 0 Å². The Bertz CT molecular complexity index is 710. The van der Waals surface area contributed by atoms with Crippen LogP contribution in [0.3, 0.4) is 0 Å². The van der Waals surface area contributed by atoms with Crippen LogP contribution in [0.4, 0.5) is 0 Å². The average molecular weight is 310 g/mol. The van der Waals surface area contributed by atoms with Crippen molar-refractivity contribution in [1.82, 2.24) is 19.8 Å². The molecule has 2 aromatic rings. The SMILES string of the molecule is Cc1nc(-c2ccccc2)ncc1C(=O)N1CCN(C=O)CC1. The van der Waals surface area contributed by atoms with Crippen LogP contribution in [0.1, 0.15) is 16.1 Å². The summed E-state index contributed by atoms with van der Waals surface area (Å²) in [6.45, 7) is 4.03. The number of nitrogens with zero attached hydrogens (tertiary/aromatic N) is 4. The fourth-order valence-electron chi connectivity index (χ4n) is 2.60. The molecule has 1 aliphatic heterocycles. The van der Waals surface area contributed by atoms with E-state index < -0.39 is 0 Å². The number of piperazine rings is 1. The summed E-state index contributed by atoms with van der Waals surface area (Å²) in [6.07, 6.45) is 2.42. The number of amides is 2. The highest BCUT2D eigenvalue weighted by atomic mass is 16.2. The second-order valence-corrected chi connectivity index (χ2v) is 5.49. The minimum absolute atomic E-state index is 0.0762. The molecular weight excluding hydrogens is 292 g/mol. The fourth-order valence-corrected chi connectivity index (χ4v) is 2.60. The molecular formula is C17H18N4O2. The van der Waals surface area contributed by atoms with E-state index in [1.54, 1.807) is 16.0 Å². The maximum atomic E-state index is 12.6. The molecule has 0 atom stereocenters. The van der Waals surface area contributed by atoms with Gasteiger partial charge in [0.2, 0.25) is 6.41 Å². The lowest BCUT2D eigenvalue weighted by atomic mass is 10.1. The molecule has 0 saturated carbocycles. The van der Waals surface area contributed by atoms with E-state index in [1.165, 1.54) is 0 Å². The van der Waals surface area contributed by atoms with Crippen molar-refractivity contribution in [3.05, 3.63) is 47.8 Å². The summed E-state index contributed by atoms with van der Waals surface area (Å²) in [6, 6.07) is 9.68. The lowest BCUT2D eigenvalue weighted by Gasteiger charge is -2.32. The molecule has 0 aliphatic carbocycles. The average Bonchev–Trinajstić information content (AvgIpc) is 2.62. The van der Waals surface area contributed by atoms with Gasteiger partial charge in [-0.1, -0.05) is 30.3 Å². The molecule has 1 fully saturated rings. The molecule has 1 aliphatic rings. The maximum absolute atomic E-state index is 12.6. The standard InChI is InChI=1S/C17H18N4O2/c1-13-15(17(23)21-9-7-20(12-22)8-10-21)11-18-16(19-13)14-5-3-2-4-6-14/h2-6,11-12H,7-10H2,1H3. The molecule has 1 aromatic carbocycles. The fraction of sp³-hybridized carbons (Fsp3) is 0.294. The smallest absolute Gasteiger partial charge is 0.257 e. The first-order valence-electron chi connectivity index (χ1n) is 7.56. The highest BCUT2D eigenvalue weighted by Crippen LogP contribution is 2.17. The lowest BCUT2D eigenvalue weighted by Crippen LogP contribution is -2.48. The van der Waals surface area contributed by atoms with Crippen LogP contribution >= 0.6 is 0 Å². The molecule has 3 rings (SSSR count). The van der Waals surface area contributed by atoms with E-state index in [1.807, 2.05) is 37.3 Å². The summed E-state index contributed by atoms with van der Waals surface area (Å²) in [4.78, 5) is 35.6. The van der Waals surface area contributed by atoms with Crippen molar-refractivity contribution < 1.29 is 9.59 Å². The zero-order valence-electron chi connectivity index (χ0n) is 13.0. The molecule has 2 heterocycles. The summed E-state index contributed by atoms with van der Waals surface area (Å²) in [5.74, 6) is 0.540. The van der Waals surface area contributed by atoms with Crippen molar-refractivity contribution in [3.63, 3.8) is 0 Å². The molecule has 6 heteroatoms. The minimum atomic E-state index is -0.0762.